The number of hydrogen-bond acceptors (Lipinski definition) is 1. The molecule has 2 heteroatoms. The van der Waals surface area contributed by atoms with Crippen LogP contribution in [0.5, 0.6) is 0 Å². The summed E-state index contributed by atoms with van der Waals surface area (Å²) >= 11 is 0. The molecule has 1 aromatic heterocycles. The third kappa shape index (κ3) is 1.31. The van der Waals surface area contributed by atoms with E-state index in [1.807, 2.05) is 0 Å². The highest BCUT2D eigenvalue weighted by Gasteiger charge is 2.07. The van der Waals surface area contributed by atoms with Crippen molar-refractivity contribution in [1.29, 1.82) is 0 Å². The molecule has 0 aliphatic carbocycles. The Bertz CT molecular complexity index is 455. The fraction of sp³-hybridized carbons (Fsp3) is 0.417. The standard InChI is InChI=1S/C12H16N2/c1-4-11-10-8-9(3)6-7-12(10)14(5-2)13-11/h6-8H,4-5H2,1-3H3. The zero-order chi connectivity index (χ0) is 10.1. The van der Waals surface area contributed by atoms with Crippen LogP contribution in [0.4, 0.5) is 0 Å². The van der Waals surface area contributed by atoms with E-state index in [-0.39, 0.29) is 0 Å². The molecule has 0 fully saturated rings. The molecule has 0 N–H and O–H groups in total. The van der Waals surface area contributed by atoms with Crippen LogP contribution in [0.2, 0.25) is 0 Å². The van der Waals surface area contributed by atoms with Gasteiger partial charge in [-0.05, 0) is 32.4 Å². The van der Waals surface area contributed by atoms with Crippen LogP contribution in [0.3, 0.4) is 0 Å². The Balaban J connectivity index is 2.75. The summed E-state index contributed by atoms with van der Waals surface area (Å²) in [7, 11) is 0. The molecule has 2 nitrogen and oxygen atoms in total. The van der Waals surface area contributed by atoms with Gasteiger partial charge in [-0.3, -0.25) is 4.68 Å². The fourth-order valence-electron chi connectivity index (χ4n) is 1.86. The maximum absolute atomic E-state index is 4.58. The number of nitrogens with zero attached hydrogens (tertiary/aromatic N) is 2. The molecule has 2 aromatic rings. The van der Waals surface area contributed by atoms with E-state index in [0.717, 1.165) is 13.0 Å². The Morgan fingerprint density at radius 1 is 1.29 bits per heavy atom. The molecular formula is C12H16N2. The summed E-state index contributed by atoms with van der Waals surface area (Å²) in [6, 6.07) is 6.54. The third-order valence-corrected chi connectivity index (χ3v) is 2.62. The normalized spacial score (nSPS) is 11.1. The Hall–Kier alpha value is -1.31. The molecule has 0 bridgehead atoms. The van der Waals surface area contributed by atoms with Crippen molar-refractivity contribution in [2.45, 2.75) is 33.7 Å². The maximum atomic E-state index is 4.58. The first-order chi connectivity index (χ1) is 6.76. The van der Waals surface area contributed by atoms with E-state index >= 15 is 0 Å². The van der Waals surface area contributed by atoms with E-state index in [1.54, 1.807) is 0 Å². The first-order valence-electron chi connectivity index (χ1n) is 5.22. The van der Waals surface area contributed by atoms with Crippen LogP contribution in [0.1, 0.15) is 25.1 Å². The first kappa shape index (κ1) is 9.25. The lowest BCUT2D eigenvalue weighted by Gasteiger charge is -1.97. The van der Waals surface area contributed by atoms with Crippen LogP contribution in [0.25, 0.3) is 10.9 Å². The summed E-state index contributed by atoms with van der Waals surface area (Å²) in [5.41, 5.74) is 3.78. The van der Waals surface area contributed by atoms with Gasteiger partial charge in [0.2, 0.25) is 0 Å². The van der Waals surface area contributed by atoms with E-state index in [4.69, 9.17) is 0 Å². The second kappa shape index (κ2) is 3.45. The molecule has 0 unspecified atom stereocenters. The summed E-state index contributed by atoms with van der Waals surface area (Å²) in [6.07, 6.45) is 1.01. The van der Waals surface area contributed by atoms with Crippen LogP contribution in [0.15, 0.2) is 18.2 Å². The highest BCUT2D eigenvalue weighted by molar-refractivity contribution is 5.82. The number of aryl methyl sites for hydroxylation is 3. The summed E-state index contributed by atoms with van der Waals surface area (Å²) in [6.45, 7) is 7.36. The van der Waals surface area contributed by atoms with E-state index in [2.05, 4.69) is 48.8 Å². The van der Waals surface area contributed by atoms with Gasteiger partial charge in [0.05, 0.1) is 11.2 Å². The van der Waals surface area contributed by atoms with Gasteiger partial charge >= 0.3 is 0 Å². The zero-order valence-corrected chi connectivity index (χ0v) is 9.04. The molecule has 0 radical (unpaired) electrons. The molecule has 1 aromatic carbocycles. The lowest BCUT2D eigenvalue weighted by molar-refractivity contribution is 0.670. The number of fused-ring (bicyclic) bond motifs is 1. The summed E-state index contributed by atoms with van der Waals surface area (Å²) in [5, 5.41) is 5.90. The molecule has 0 spiro atoms. The monoisotopic (exact) mass is 188 g/mol. The summed E-state index contributed by atoms with van der Waals surface area (Å²) in [5.74, 6) is 0. The van der Waals surface area contributed by atoms with Gasteiger partial charge in [-0.2, -0.15) is 5.10 Å². The largest absolute Gasteiger partial charge is 0.265 e. The Morgan fingerprint density at radius 3 is 2.71 bits per heavy atom. The molecule has 0 saturated carbocycles. The van der Waals surface area contributed by atoms with Gasteiger partial charge in [0.1, 0.15) is 0 Å². The SMILES string of the molecule is CCc1nn(CC)c2ccc(C)cc12. The van der Waals surface area contributed by atoms with E-state index in [0.29, 0.717) is 0 Å². The minimum atomic E-state index is 0.944. The number of hydrogen-bond donors (Lipinski definition) is 0. The predicted octanol–water partition coefficient (Wildman–Crippen LogP) is 2.93. The second-order valence-corrected chi connectivity index (χ2v) is 3.64. The van der Waals surface area contributed by atoms with Gasteiger partial charge in [0.15, 0.2) is 0 Å². The van der Waals surface area contributed by atoms with Gasteiger partial charge < -0.3 is 0 Å². The Kier molecular flexibility index (Phi) is 2.28. The van der Waals surface area contributed by atoms with Crippen molar-refractivity contribution in [2.24, 2.45) is 0 Å². The van der Waals surface area contributed by atoms with Crippen molar-refractivity contribution in [2.75, 3.05) is 0 Å². The molecule has 2 rings (SSSR count). The topological polar surface area (TPSA) is 17.8 Å². The molecule has 74 valence electrons. The Labute approximate surface area is 84.5 Å². The molecule has 0 atom stereocenters. The van der Waals surface area contributed by atoms with Crippen molar-refractivity contribution < 1.29 is 0 Å². The van der Waals surface area contributed by atoms with E-state index in [1.165, 1.54) is 22.2 Å². The smallest absolute Gasteiger partial charge is 0.0700 e. The molecule has 0 saturated heterocycles. The lowest BCUT2D eigenvalue weighted by Crippen LogP contribution is -1.96. The molecule has 0 aliphatic rings. The van der Waals surface area contributed by atoms with E-state index in [9.17, 15) is 0 Å². The Morgan fingerprint density at radius 2 is 2.07 bits per heavy atom. The van der Waals surface area contributed by atoms with Crippen molar-refractivity contribution in [1.82, 2.24) is 9.78 Å². The summed E-state index contributed by atoms with van der Waals surface area (Å²) < 4.78 is 2.08. The fourth-order valence-corrected chi connectivity index (χ4v) is 1.86. The third-order valence-electron chi connectivity index (χ3n) is 2.62. The van der Waals surface area contributed by atoms with Gasteiger partial charge in [-0.1, -0.05) is 18.6 Å². The van der Waals surface area contributed by atoms with Crippen LogP contribution >= 0.6 is 0 Å². The molecular weight excluding hydrogens is 172 g/mol. The van der Waals surface area contributed by atoms with Crippen LogP contribution in [-0.2, 0) is 13.0 Å². The molecule has 1 heterocycles. The maximum Gasteiger partial charge on any atom is 0.0700 e. The second-order valence-electron chi connectivity index (χ2n) is 3.64. The quantitative estimate of drug-likeness (QED) is 0.708. The highest BCUT2D eigenvalue weighted by Crippen LogP contribution is 2.20. The average Bonchev–Trinajstić information content (AvgIpc) is 2.55. The number of aromatic nitrogens is 2. The molecule has 0 amide bonds. The average molecular weight is 188 g/mol. The highest BCUT2D eigenvalue weighted by atomic mass is 15.3. The van der Waals surface area contributed by atoms with Crippen molar-refractivity contribution in [3.63, 3.8) is 0 Å². The first-order valence-corrected chi connectivity index (χ1v) is 5.22. The summed E-state index contributed by atoms with van der Waals surface area (Å²) in [4.78, 5) is 0. The van der Waals surface area contributed by atoms with Crippen LogP contribution < -0.4 is 0 Å². The number of rotatable bonds is 2. The van der Waals surface area contributed by atoms with E-state index < -0.39 is 0 Å². The van der Waals surface area contributed by atoms with Crippen LogP contribution in [-0.4, -0.2) is 9.78 Å². The van der Waals surface area contributed by atoms with Gasteiger partial charge in [-0.25, -0.2) is 0 Å². The van der Waals surface area contributed by atoms with Crippen LogP contribution in [0, 0.1) is 6.92 Å². The van der Waals surface area contributed by atoms with Gasteiger partial charge in [0, 0.05) is 11.9 Å². The van der Waals surface area contributed by atoms with Gasteiger partial charge in [0.25, 0.3) is 0 Å². The minimum Gasteiger partial charge on any atom is -0.265 e. The zero-order valence-electron chi connectivity index (χ0n) is 9.04. The minimum absolute atomic E-state index is 0.944. The molecule has 14 heavy (non-hydrogen) atoms. The lowest BCUT2D eigenvalue weighted by atomic mass is 10.1. The van der Waals surface area contributed by atoms with Gasteiger partial charge in [-0.15, -0.1) is 0 Å². The number of benzene rings is 1. The predicted molar refractivity (Wildman–Crippen MR) is 59.5 cm³/mol. The van der Waals surface area contributed by atoms with Crippen molar-refractivity contribution >= 4 is 10.9 Å². The van der Waals surface area contributed by atoms with Crippen molar-refractivity contribution in [3.05, 3.63) is 29.5 Å². The molecule has 0 aliphatic heterocycles. The van der Waals surface area contributed by atoms with Crippen molar-refractivity contribution in [3.8, 4) is 0 Å².